The molecular weight excluding hydrogens is 270 g/mol. The number of amides is 1. The van der Waals surface area contributed by atoms with Gasteiger partial charge >= 0.3 is 5.97 Å². The van der Waals surface area contributed by atoms with E-state index in [0.717, 1.165) is 0 Å². The zero-order chi connectivity index (χ0) is 14.6. The molecular formula is C12H21NO5S. The molecule has 0 bridgehead atoms. The Balaban J connectivity index is 2.55. The Bertz CT molecular complexity index is 443. The van der Waals surface area contributed by atoms with Crippen LogP contribution in [0, 0.1) is 5.92 Å². The highest BCUT2D eigenvalue weighted by atomic mass is 32.2. The Kier molecular flexibility index (Phi) is 5.34. The number of hydrogen-bond acceptors (Lipinski definition) is 4. The Morgan fingerprint density at radius 1 is 1.37 bits per heavy atom. The van der Waals surface area contributed by atoms with Crippen molar-refractivity contribution in [2.24, 2.45) is 5.92 Å². The highest BCUT2D eigenvalue weighted by molar-refractivity contribution is 7.91. The first-order chi connectivity index (χ1) is 8.71. The van der Waals surface area contributed by atoms with Gasteiger partial charge in [-0.05, 0) is 26.2 Å². The SMILES string of the molecule is CC(C)N(CCC(=O)O)C(=O)CC1CCS(=O)(=O)C1. The van der Waals surface area contributed by atoms with E-state index in [9.17, 15) is 18.0 Å². The predicted octanol–water partition coefficient (Wildman–Crippen LogP) is 0.523. The summed E-state index contributed by atoms with van der Waals surface area (Å²) in [6.45, 7) is 3.82. The first kappa shape index (κ1) is 15.9. The lowest BCUT2D eigenvalue weighted by atomic mass is 10.0. The topological polar surface area (TPSA) is 91.8 Å². The molecule has 0 aliphatic carbocycles. The van der Waals surface area contributed by atoms with E-state index in [1.807, 2.05) is 13.8 Å². The smallest absolute Gasteiger partial charge is 0.305 e. The first-order valence-electron chi connectivity index (χ1n) is 6.43. The molecule has 19 heavy (non-hydrogen) atoms. The third kappa shape index (κ3) is 5.18. The number of carbonyl (C=O) groups is 2. The summed E-state index contributed by atoms with van der Waals surface area (Å²) in [5.41, 5.74) is 0. The van der Waals surface area contributed by atoms with Gasteiger partial charge in [-0.1, -0.05) is 0 Å². The van der Waals surface area contributed by atoms with E-state index in [-0.39, 0.29) is 48.8 Å². The number of rotatable bonds is 6. The molecule has 1 N–H and O–H groups in total. The van der Waals surface area contributed by atoms with E-state index in [0.29, 0.717) is 6.42 Å². The molecule has 1 rings (SSSR count). The van der Waals surface area contributed by atoms with Gasteiger partial charge in [0.1, 0.15) is 0 Å². The quantitative estimate of drug-likeness (QED) is 0.770. The average Bonchev–Trinajstić information content (AvgIpc) is 2.57. The number of aliphatic carboxylic acids is 1. The lowest BCUT2D eigenvalue weighted by Crippen LogP contribution is -2.39. The van der Waals surface area contributed by atoms with Crippen LogP contribution >= 0.6 is 0 Å². The third-order valence-corrected chi connectivity index (χ3v) is 5.14. The van der Waals surface area contributed by atoms with Gasteiger partial charge in [0, 0.05) is 19.0 Å². The van der Waals surface area contributed by atoms with Crippen LogP contribution in [0.2, 0.25) is 0 Å². The zero-order valence-electron chi connectivity index (χ0n) is 11.3. The van der Waals surface area contributed by atoms with E-state index in [2.05, 4.69) is 0 Å². The molecule has 1 fully saturated rings. The van der Waals surface area contributed by atoms with Crippen molar-refractivity contribution in [1.82, 2.24) is 4.90 Å². The largest absolute Gasteiger partial charge is 0.481 e. The van der Waals surface area contributed by atoms with Crippen molar-refractivity contribution >= 4 is 21.7 Å². The fourth-order valence-corrected chi connectivity index (χ4v) is 4.15. The highest BCUT2D eigenvalue weighted by Gasteiger charge is 2.31. The summed E-state index contributed by atoms with van der Waals surface area (Å²) in [7, 11) is -2.98. The zero-order valence-corrected chi connectivity index (χ0v) is 12.1. The molecule has 110 valence electrons. The molecule has 1 aliphatic heterocycles. The number of carboxylic acids is 1. The van der Waals surface area contributed by atoms with Gasteiger partial charge in [0.25, 0.3) is 0 Å². The Labute approximate surface area is 113 Å². The van der Waals surface area contributed by atoms with E-state index >= 15 is 0 Å². The molecule has 1 saturated heterocycles. The van der Waals surface area contributed by atoms with Crippen LogP contribution in [0.4, 0.5) is 0 Å². The molecule has 1 amide bonds. The van der Waals surface area contributed by atoms with Crippen molar-refractivity contribution in [2.45, 2.75) is 39.2 Å². The summed E-state index contributed by atoms with van der Waals surface area (Å²) in [5.74, 6) is -0.991. The lowest BCUT2D eigenvalue weighted by Gasteiger charge is -2.27. The standard InChI is InChI=1S/C12H21NO5S/c1-9(2)13(5-3-12(15)16)11(14)7-10-4-6-19(17,18)8-10/h9-10H,3-8H2,1-2H3,(H,15,16). The van der Waals surface area contributed by atoms with Crippen LogP contribution in [0.25, 0.3) is 0 Å². The van der Waals surface area contributed by atoms with Crippen molar-refractivity contribution in [3.8, 4) is 0 Å². The first-order valence-corrected chi connectivity index (χ1v) is 8.25. The van der Waals surface area contributed by atoms with Gasteiger partial charge in [-0.2, -0.15) is 0 Å². The van der Waals surface area contributed by atoms with Crippen LogP contribution in [0.1, 0.15) is 33.1 Å². The van der Waals surface area contributed by atoms with Gasteiger partial charge in [0.2, 0.25) is 5.91 Å². The summed E-state index contributed by atoms with van der Waals surface area (Å²) < 4.78 is 22.7. The van der Waals surface area contributed by atoms with Crippen molar-refractivity contribution in [3.63, 3.8) is 0 Å². The van der Waals surface area contributed by atoms with Gasteiger partial charge in [0.05, 0.1) is 17.9 Å². The lowest BCUT2D eigenvalue weighted by molar-refractivity contribution is -0.139. The van der Waals surface area contributed by atoms with Crippen LogP contribution in [0.15, 0.2) is 0 Å². The van der Waals surface area contributed by atoms with E-state index < -0.39 is 15.8 Å². The van der Waals surface area contributed by atoms with Crippen LogP contribution in [-0.4, -0.2) is 54.4 Å². The Hall–Kier alpha value is -1.11. The van der Waals surface area contributed by atoms with Crippen molar-refractivity contribution in [1.29, 1.82) is 0 Å². The third-order valence-electron chi connectivity index (χ3n) is 3.30. The maximum Gasteiger partial charge on any atom is 0.305 e. The molecule has 1 atom stereocenters. The van der Waals surface area contributed by atoms with Gasteiger partial charge < -0.3 is 10.0 Å². The van der Waals surface area contributed by atoms with Gasteiger partial charge in [-0.15, -0.1) is 0 Å². The fraction of sp³-hybridized carbons (Fsp3) is 0.833. The van der Waals surface area contributed by atoms with E-state index in [1.165, 1.54) is 4.90 Å². The van der Waals surface area contributed by atoms with Crippen molar-refractivity contribution in [2.75, 3.05) is 18.1 Å². The summed E-state index contributed by atoms with van der Waals surface area (Å²) in [4.78, 5) is 24.2. The Morgan fingerprint density at radius 2 is 2.00 bits per heavy atom. The van der Waals surface area contributed by atoms with Gasteiger partial charge in [-0.25, -0.2) is 8.42 Å². The number of hydrogen-bond donors (Lipinski definition) is 1. The number of sulfone groups is 1. The second-order valence-electron chi connectivity index (χ2n) is 5.30. The maximum atomic E-state index is 12.1. The summed E-state index contributed by atoms with van der Waals surface area (Å²) in [6.07, 6.45) is 0.628. The molecule has 0 saturated carbocycles. The Morgan fingerprint density at radius 3 is 2.42 bits per heavy atom. The molecule has 0 aromatic rings. The molecule has 1 heterocycles. The molecule has 1 unspecified atom stereocenters. The minimum atomic E-state index is -2.98. The summed E-state index contributed by atoms with van der Waals surface area (Å²) >= 11 is 0. The van der Waals surface area contributed by atoms with Gasteiger partial charge in [0.15, 0.2) is 9.84 Å². The number of carboxylic acid groups (broad SMARTS) is 1. The van der Waals surface area contributed by atoms with Crippen LogP contribution in [-0.2, 0) is 19.4 Å². The number of nitrogens with zero attached hydrogens (tertiary/aromatic N) is 1. The predicted molar refractivity (Wildman–Crippen MR) is 70.5 cm³/mol. The fourth-order valence-electron chi connectivity index (χ4n) is 2.28. The monoisotopic (exact) mass is 291 g/mol. The van der Waals surface area contributed by atoms with E-state index in [1.54, 1.807) is 0 Å². The molecule has 0 spiro atoms. The summed E-state index contributed by atoms with van der Waals surface area (Å²) in [5, 5.41) is 8.66. The average molecular weight is 291 g/mol. The van der Waals surface area contributed by atoms with Crippen molar-refractivity contribution < 1.29 is 23.1 Å². The van der Waals surface area contributed by atoms with Gasteiger partial charge in [-0.3, -0.25) is 9.59 Å². The molecule has 0 radical (unpaired) electrons. The summed E-state index contributed by atoms with van der Waals surface area (Å²) in [6, 6.07) is -0.0788. The molecule has 0 aromatic carbocycles. The highest BCUT2D eigenvalue weighted by Crippen LogP contribution is 2.22. The minimum absolute atomic E-state index is 0.0730. The maximum absolute atomic E-state index is 12.1. The van der Waals surface area contributed by atoms with Crippen LogP contribution < -0.4 is 0 Å². The van der Waals surface area contributed by atoms with Crippen LogP contribution in [0.3, 0.4) is 0 Å². The van der Waals surface area contributed by atoms with Crippen molar-refractivity contribution in [3.05, 3.63) is 0 Å². The number of carbonyl (C=O) groups excluding carboxylic acids is 1. The second kappa shape index (κ2) is 6.36. The molecule has 0 aromatic heterocycles. The molecule has 1 aliphatic rings. The van der Waals surface area contributed by atoms with E-state index in [4.69, 9.17) is 5.11 Å². The minimum Gasteiger partial charge on any atom is -0.481 e. The normalized spacial score (nSPS) is 21.5. The molecule has 6 nitrogen and oxygen atoms in total. The second-order valence-corrected chi connectivity index (χ2v) is 7.53. The van der Waals surface area contributed by atoms with Crippen LogP contribution in [0.5, 0.6) is 0 Å². The molecule has 7 heteroatoms.